The predicted octanol–water partition coefficient (Wildman–Crippen LogP) is 3.03. The molecule has 1 aromatic carbocycles. The molecule has 1 unspecified atom stereocenters. The van der Waals surface area contributed by atoms with Gasteiger partial charge in [-0.2, -0.15) is 0 Å². The highest BCUT2D eigenvalue weighted by molar-refractivity contribution is 5.14. The molecule has 1 fully saturated rings. The second-order valence-corrected chi connectivity index (χ2v) is 5.53. The van der Waals surface area contributed by atoms with Gasteiger partial charge in [-0.15, -0.1) is 0 Å². The van der Waals surface area contributed by atoms with Crippen LogP contribution in [-0.4, -0.2) is 24.0 Å². The van der Waals surface area contributed by atoms with Crippen LogP contribution in [0.3, 0.4) is 0 Å². The summed E-state index contributed by atoms with van der Waals surface area (Å²) in [4.78, 5) is 2.56. The minimum atomic E-state index is 0.663. The lowest BCUT2D eigenvalue weighted by Gasteiger charge is -2.33. The Morgan fingerprint density at radius 3 is 2.50 bits per heavy atom. The van der Waals surface area contributed by atoms with Crippen molar-refractivity contribution >= 4 is 0 Å². The molecular formula is C16H26N2. The fourth-order valence-corrected chi connectivity index (χ4v) is 3.15. The molecule has 0 spiro atoms. The van der Waals surface area contributed by atoms with Crippen molar-refractivity contribution in [3.63, 3.8) is 0 Å². The van der Waals surface area contributed by atoms with E-state index in [2.05, 4.69) is 42.2 Å². The third-order valence-electron chi connectivity index (χ3n) is 4.30. The van der Waals surface area contributed by atoms with Crippen LogP contribution in [0.1, 0.15) is 38.2 Å². The Morgan fingerprint density at radius 1 is 1.22 bits per heavy atom. The normalized spacial score (nSPS) is 18.4. The van der Waals surface area contributed by atoms with Gasteiger partial charge in [-0.05, 0) is 31.2 Å². The van der Waals surface area contributed by atoms with Gasteiger partial charge in [0.05, 0.1) is 0 Å². The Balaban J connectivity index is 1.98. The standard InChI is InChI=1S/C16H26N2/c1-14(16-9-5-6-10-16)18(12-11-17)13-15-7-3-2-4-8-15/h2-4,7-8,14,16H,5-6,9-13,17H2,1H3. The molecule has 2 heteroatoms. The zero-order valence-electron chi connectivity index (χ0n) is 11.5. The van der Waals surface area contributed by atoms with E-state index in [-0.39, 0.29) is 0 Å². The quantitative estimate of drug-likeness (QED) is 0.836. The third kappa shape index (κ3) is 3.56. The van der Waals surface area contributed by atoms with Crippen LogP contribution < -0.4 is 5.73 Å². The van der Waals surface area contributed by atoms with E-state index < -0.39 is 0 Å². The molecule has 2 N–H and O–H groups in total. The van der Waals surface area contributed by atoms with Crippen molar-refractivity contribution in [2.24, 2.45) is 11.7 Å². The van der Waals surface area contributed by atoms with Crippen LogP contribution in [0.15, 0.2) is 30.3 Å². The molecule has 0 bridgehead atoms. The van der Waals surface area contributed by atoms with Gasteiger partial charge < -0.3 is 5.73 Å². The Kier molecular flexibility index (Phi) is 5.21. The number of nitrogens with two attached hydrogens (primary N) is 1. The van der Waals surface area contributed by atoms with Gasteiger partial charge in [-0.25, -0.2) is 0 Å². The summed E-state index contributed by atoms with van der Waals surface area (Å²) in [6, 6.07) is 11.4. The average Bonchev–Trinajstić information content (AvgIpc) is 2.92. The molecule has 2 nitrogen and oxygen atoms in total. The maximum absolute atomic E-state index is 5.78. The summed E-state index contributed by atoms with van der Waals surface area (Å²) in [6.45, 7) is 5.18. The van der Waals surface area contributed by atoms with Crippen LogP contribution >= 0.6 is 0 Å². The first-order valence-electron chi connectivity index (χ1n) is 7.29. The van der Waals surface area contributed by atoms with Crippen LogP contribution in [0.25, 0.3) is 0 Å². The van der Waals surface area contributed by atoms with E-state index in [1.165, 1.54) is 31.2 Å². The van der Waals surface area contributed by atoms with Gasteiger partial charge in [0.2, 0.25) is 0 Å². The van der Waals surface area contributed by atoms with Crippen molar-refractivity contribution in [3.05, 3.63) is 35.9 Å². The summed E-state index contributed by atoms with van der Waals surface area (Å²) in [5, 5.41) is 0. The lowest BCUT2D eigenvalue weighted by Crippen LogP contribution is -2.40. The van der Waals surface area contributed by atoms with Crippen LogP contribution in [0.4, 0.5) is 0 Å². The predicted molar refractivity (Wildman–Crippen MR) is 77.3 cm³/mol. The fraction of sp³-hybridized carbons (Fsp3) is 0.625. The van der Waals surface area contributed by atoms with Gasteiger partial charge in [0.25, 0.3) is 0 Å². The van der Waals surface area contributed by atoms with Crippen molar-refractivity contribution < 1.29 is 0 Å². The number of rotatable bonds is 6. The summed E-state index contributed by atoms with van der Waals surface area (Å²) in [5.41, 5.74) is 7.18. The van der Waals surface area contributed by atoms with Crippen molar-refractivity contribution in [1.82, 2.24) is 4.90 Å². The van der Waals surface area contributed by atoms with E-state index in [0.717, 1.165) is 25.6 Å². The van der Waals surface area contributed by atoms with Crippen molar-refractivity contribution in [2.75, 3.05) is 13.1 Å². The molecular weight excluding hydrogens is 220 g/mol. The van der Waals surface area contributed by atoms with Gasteiger partial charge >= 0.3 is 0 Å². The van der Waals surface area contributed by atoms with Crippen LogP contribution in [0.2, 0.25) is 0 Å². The lowest BCUT2D eigenvalue weighted by atomic mass is 9.97. The van der Waals surface area contributed by atoms with Gasteiger partial charge in [0, 0.05) is 25.7 Å². The first kappa shape index (κ1) is 13.6. The molecule has 0 heterocycles. The molecule has 1 aliphatic carbocycles. The second kappa shape index (κ2) is 6.91. The van der Waals surface area contributed by atoms with E-state index in [0.29, 0.717) is 6.04 Å². The molecule has 1 aliphatic rings. The van der Waals surface area contributed by atoms with E-state index >= 15 is 0 Å². The van der Waals surface area contributed by atoms with E-state index in [9.17, 15) is 0 Å². The van der Waals surface area contributed by atoms with E-state index in [1.54, 1.807) is 0 Å². The first-order valence-corrected chi connectivity index (χ1v) is 7.29. The third-order valence-corrected chi connectivity index (χ3v) is 4.30. The van der Waals surface area contributed by atoms with E-state index in [4.69, 9.17) is 5.73 Å². The largest absolute Gasteiger partial charge is 0.329 e. The SMILES string of the molecule is CC(C1CCCC1)N(CCN)Cc1ccccc1. The highest BCUT2D eigenvalue weighted by Gasteiger charge is 2.25. The molecule has 0 aromatic heterocycles. The molecule has 1 saturated carbocycles. The number of hydrogen-bond donors (Lipinski definition) is 1. The van der Waals surface area contributed by atoms with Crippen molar-refractivity contribution in [2.45, 2.75) is 45.2 Å². The fourth-order valence-electron chi connectivity index (χ4n) is 3.15. The summed E-state index contributed by atoms with van der Waals surface area (Å²) in [5.74, 6) is 0.875. The zero-order chi connectivity index (χ0) is 12.8. The summed E-state index contributed by atoms with van der Waals surface area (Å²) in [6.07, 6.45) is 5.63. The minimum Gasteiger partial charge on any atom is -0.329 e. The Hall–Kier alpha value is -0.860. The number of benzene rings is 1. The molecule has 1 aromatic rings. The molecule has 0 amide bonds. The van der Waals surface area contributed by atoms with Crippen LogP contribution in [-0.2, 0) is 6.54 Å². The average molecular weight is 246 g/mol. The van der Waals surface area contributed by atoms with Crippen LogP contribution in [0.5, 0.6) is 0 Å². The van der Waals surface area contributed by atoms with Gasteiger partial charge in [0.15, 0.2) is 0 Å². The maximum Gasteiger partial charge on any atom is 0.0237 e. The van der Waals surface area contributed by atoms with Crippen molar-refractivity contribution in [1.29, 1.82) is 0 Å². The molecule has 0 saturated heterocycles. The van der Waals surface area contributed by atoms with Crippen LogP contribution in [0, 0.1) is 5.92 Å². The first-order chi connectivity index (χ1) is 8.81. The summed E-state index contributed by atoms with van der Waals surface area (Å²) in [7, 11) is 0. The smallest absolute Gasteiger partial charge is 0.0237 e. The van der Waals surface area contributed by atoms with E-state index in [1.807, 2.05) is 0 Å². The molecule has 100 valence electrons. The monoisotopic (exact) mass is 246 g/mol. The minimum absolute atomic E-state index is 0.663. The molecule has 0 aliphatic heterocycles. The number of nitrogens with zero attached hydrogens (tertiary/aromatic N) is 1. The highest BCUT2D eigenvalue weighted by Crippen LogP contribution is 2.30. The van der Waals surface area contributed by atoms with Gasteiger partial charge in [-0.1, -0.05) is 43.2 Å². The van der Waals surface area contributed by atoms with Gasteiger partial charge in [-0.3, -0.25) is 4.90 Å². The molecule has 1 atom stereocenters. The molecule has 2 rings (SSSR count). The molecule has 0 radical (unpaired) electrons. The summed E-state index contributed by atoms with van der Waals surface area (Å²) < 4.78 is 0. The lowest BCUT2D eigenvalue weighted by molar-refractivity contribution is 0.151. The van der Waals surface area contributed by atoms with Gasteiger partial charge in [0.1, 0.15) is 0 Å². The summed E-state index contributed by atoms with van der Waals surface area (Å²) >= 11 is 0. The second-order valence-electron chi connectivity index (χ2n) is 5.53. The highest BCUT2D eigenvalue weighted by atomic mass is 15.2. The Morgan fingerprint density at radius 2 is 1.89 bits per heavy atom. The Bertz CT molecular complexity index is 330. The topological polar surface area (TPSA) is 29.3 Å². The Labute approximate surface area is 111 Å². The maximum atomic E-state index is 5.78. The van der Waals surface area contributed by atoms with Crippen molar-refractivity contribution in [3.8, 4) is 0 Å². The zero-order valence-corrected chi connectivity index (χ0v) is 11.5. The molecule has 18 heavy (non-hydrogen) atoms. The number of hydrogen-bond acceptors (Lipinski definition) is 2.